The Morgan fingerprint density at radius 3 is 2.82 bits per heavy atom. The third-order valence-electron chi connectivity index (χ3n) is 0.985. The summed E-state index contributed by atoms with van der Waals surface area (Å²) in [6, 6.07) is 0. The quantitative estimate of drug-likeness (QED) is 0.596. The molecule has 5 heteroatoms. The Bertz CT molecular complexity index is 108. The molecule has 0 bridgehead atoms. The van der Waals surface area contributed by atoms with Gasteiger partial charge in [-0.3, -0.25) is 0 Å². The molecule has 0 spiro atoms. The Balaban J connectivity index is 2.85. The summed E-state index contributed by atoms with van der Waals surface area (Å²) in [6.45, 7) is 2.16. The zero-order chi connectivity index (χ0) is 8.53. The maximum absolute atomic E-state index is 9.89. The van der Waals surface area contributed by atoms with Crippen LogP contribution in [-0.2, 0) is 3.82 Å². The number of rotatable bonds is 6. The average Bonchev–Trinajstić information content (AvgIpc) is 1.96. The van der Waals surface area contributed by atoms with E-state index in [2.05, 4.69) is 10.7 Å². The molecule has 0 unspecified atom stereocenters. The van der Waals surface area contributed by atoms with Crippen molar-refractivity contribution in [2.75, 3.05) is 0 Å². The van der Waals surface area contributed by atoms with Crippen LogP contribution in [0.1, 0.15) is 26.2 Å². The molecule has 0 aliphatic heterocycles. The summed E-state index contributed by atoms with van der Waals surface area (Å²) in [5.74, 6) is 0. The standard InChI is InChI=1S/C6H12O3Se2/c1-2-3-4-5-10-11-9-6(7)8/h2-5H2,1H3,(H,7,8). The van der Waals surface area contributed by atoms with Crippen LogP contribution in [0.2, 0.25) is 5.32 Å². The molecular formula is C6H12O3Se2. The van der Waals surface area contributed by atoms with E-state index < -0.39 is 6.16 Å². The van der Waals surface area contributed by atoms with Gasteiger partial charge in [0.25, 0.3) is 0 Å². The van der Waals surface area contributed by atoms with Gasteiger partial charge >= 0.3 is 78.0 Å². The Kier molecular flexibility index (Phi) is 8.64. The second kappa shape index (κ2) is 8.41. The Hall–Kier alpha value is 0.309. The van der Waals surface area contributed by atoms with Crippen LogP contribution in [-0.4, -0.2) is 37.9 Å². The van der Waals surface area contributed by atoms with Gasteiger partial charge in [-0.15, -0.1) is 0 Å². The first-order chi connectivity index (χ1) is 5.27. The summed E-state index contributed by atoms with van der Waals surface area (Å²) in [5.41, 5.74) is 0. The molecule has 0 fully saturated rings. The van der Waals surface area contributed by atoms with Crippen LogP contribution < -0.4 is 0 Å². The summed E-state index contributed by atoms with van der Waals surface area (Å²) in [7, 11) is 0. The van der Waals surface area contributed by atoms with E-state index in [1.165, 1.54) is 19.3 Å². The van der Waals surface area contributed by atoms with Gasteiger partial charge < -0.3 is 0 Å². The van der Waals surface area contributed by atoms with Gasteiger partial charge in [0.15, 0.2) is 0 Å². The Labute approximate surface area is 78.1 Å². The van der Waals surface area contributed by atoms with Gasteiger partial charge in [-0.2, -0.15) is 0 Å². The molecule has 0 amide bonds. The van der Waals surface area contributed by atoms with E-state index in [9.17, 15) is 4.79 Å². The van der Waals surface area contributed by atoms with Crippen molar-refractivity contribution in [2.45, 2.75) is 31.5 Å². The van der Waals surface area contributed by atoms with Crippen molar-refractivity contribution in [3.05, 3.63) is 0 Å². The average molecular weight is 290 g/mol. The molecule has 0 aliphatic carbocycles. The molecule has 0 aromatic rings. The third kappa shape index (κ3) is 10.3. The normalized spacial score (nSPS) is 9.55. The molecule has 1 N–H and O–H groups in total. The van der Waals surface area contributed by atoms with Crippen molar-refractivity contribution in [3.63, 3.8) is 0 Å². The zero-order valence-corrected chi connectivity index (χ0v) is 9.83. The van der Waals surface area contributed by atoms with Crippen molar-refractivity contribution < 1.29 is 13.7 Å². The van der Waals surface area contributed by atoms with E-state index in [-0.39, 0.29) is 13.5 Å². The van der Waals surface area contributed by atoms with Crippen molar-refractivity contribution in [1.29, 1.82) is 0 Å². The first kappa shape index (κ1) is 11.3. The molecule has 0 saturated carbocycles. The van der Waals surface area contributed by atoms with Crippen LogP contribution in [0.5, 0.6) is 0 Å². The monoisotopic (exact) mass is 292 g/mol. The van der Waals surface area contributed by atoms with Crippen LogP contribution >= 0.6 is 0 Å². The van der Waals surface area contributed by atoms with E-state index >= 15 is 0 Å². The minimum atomic E-state index is -1.12. The second-order valence-electron chi connectivity index (χ2n) is 1.95. The zero-order valence-electron chi connectivity index (χ0n) is 6.41. The Morgan fingerprint density at radius 2 is 2.27 bits per heavy atom. The van der Waals surface area contributed by atoms with E-state index in [1.54, 1.807) is 0 Å². The van der Waals surface area contributed by atoms with Gasteiger partial charge in [0, 0.05) is 0 Å². The topological polar surface area (TPSA) is 46.5 Å². The van der Waals surface area contributed by atoms with E-state index in [0.29, 0.717) is 13.1 Å². The van der Waals surface area contributed by atoms with E-state index in [1.807, 2.05) is 0 Å². The summed E-state index contributed by atoms with van der Waals surface area (Å²) >= 11 is 0.327. The van der Waals surface area contributed by atoms with Gasteiger partial charge in [-0.1, -0.05) is 0 Å². The minimum absolute atomic E-state index is 0.0907. The molecule has 0 radical (unpaired) electrons. The molecule has 0 saturated heterocycles. The predicted octanol–water partition coefficient (Wildman–Crippen LogP) is 1.53. The van der Waals surface area contributed by atoms with Crippen molar-refractivity contribution in [2.24, 2.45) is 0 Å². The number of hydrogen-bond donors (Lipinski definition) is 1. The van der Waals surface area contributed by atoms with Crippen molar-refractivity contribution in [1.82, 2.24) is 0 Å². The number of carboxylic acid groups (broad SMARTS) is 1. The molecule has 3 nitrogen and oxygen atoms in total. The molecule has 0 aromatic carbocycles. The SMILES string of the molecule is CCCCC[Se][Se]OC(=O)O. The van der Waals surface area contributed by atoms with Crippen molar-refractivity contribution >= 4 is 32.7 Å². The molecule has 66 valence electrons. The summed E-state index contributed by atoms with van der Waals surface area (Å²) in [4.78, 5) is 9.89. The summed E-state index contributed by atoms with van der Waals surface area (Å²) in [5, 5.41) is 9.28. The molecule has 0 rings (SSSR count). The maximum atomic E-state index is 9.89. The van der Waals surface area contributed by atoms with Crippen LogP contribution in [0.4, 0.5) is 4.79 Å². The summed E-state index contributed by atoms with van der Waals surface area (Å²) in [6.07, 6.45) is 2.58. The Morgan fingerprint density at radius 1 is 1.55 bits per heavy atom. The van der Waals surface area contributed by atoms with Crippen LogP contribution in [0.15, 0.2) is 0 Å². The number of hydrogen-bond acceptors (Lipinski definition) is 2. The van der Waals surface area contributed by atoms with Crippen molar-refractivity contribution in [3.8, 4) is 0 Å². The molecule has 0 atom stereocenters. The molecule has 0 aromatic heterocycles. The predicted molar refractivity (Wildman–Crippen MR) is 44.9 cm³/mol. The molecule has 11 heavy (non-hydrogen) atoms. The van der Waals surface area contributed by atoms with Gasteiger partial charge in [-0.05, 0) is 0 Å². The molecular weight excluding hydrogens is 278 g/mol. The fourth-order valence-corrected chi connectivity index (χ4v) is 4.73. The fourth-order valence-electron chi connectivity index (χ4n) is 0.498. The van der Waals surface area contributed by atoms with E-state index in [0.717, 1.165) is 5.32 Å². The second-order valence-corrected chi connectivity index (χ2v) is 7.99. The first-order valence-corrected chi connectivity index (χ1v) is 9.70. The van der Waals surface area contributed by atoms with Gasteiger partial charge in [0.1, 0.15) is 0 Å². The van der Waals surface area contributed by atoms with Crippen LogP contribution in [0.3, 0.4) is 0 Å². The fraction of sp³-hybridized carbons (Fsp3) is 0.833. The van der Waals surface area contributed by atoms with Crippen LogP contribution in [0, 0.1) is 0 Å². The first-order valence-electron chi connectivity index (χ1n) is 3.46. The molecule has 0 aliphatic rings. The van der Waals surface area contributed by atoms with Crippen LogP contribution in [0.25, 0.3) is 0 Å². The summed E-state index contributed by atoms with van der Waals surface area (Å²) < 4.78 is 4.43. The third-order valence-corrected chi connectivity index (χ3v) is 6.19. The van der Waals surface area contributed by atoms with E-state index in [4.69, 9.17) is 5.11 Å². The number of carbonyl (C=O) groups is 1. The van der Waals surface area contributed by atoms with Gasteiger partial charge in [0.2, 0.25) is 0 Å². The number of unbranched alkanes of at least 4 members (excludes halogenated alkanes) is 2. The van der Waals surface area contributed by atoms with Gasteiger partial charge in [-0.25, -0.2) is 0 Å². The molecule has 0 heterocycles. The van der Waals surface area contributed by atoms with Gasteiger partial charge in [0.05, 0.1) is 0 Å².